The van der Waals surface area contributed by atoms with E-state index < -0.39 is 0 Å². The van der Waals surface area contributed by atoms with Gasteiger partial charge in [-0.25, -0.2) is 0 Å². The summed E-state index contributed by atoms with van der Waals surface area (Å²) in [4.78, 5) is 13.8. The first kappa shape index (κ1) is 13.2. The summed E-state index contributed by atoms with van der Waals surface area (Å²) >= 11 is 1.87. The lowest BCUT2D eigenvalue weighted by Crippen LogP contribution is -2.33. The Morgan fingerprint density at radius 3 is 3.29 bits per heavy atom. The topological polar surface area (TPSA) is 43.3 Å². The molecule has 1 saturated heterocycles. The van der Waals surface area contributed by atoms with E-state index >= 15 is 0 Å². The SMILES string of the molecule is O=C(NCC1CCCO1)c1cc2cccc3c2n1CCS3. The number of amides is 1. The Hall–Kier alpha value is -1.46. The first-order valence-electron chi connectivity index (χ1n) is 7.48. The molecule has 110 valence electrons. The smallest absolute Gasteiger partial charge is 0.268 e. The molecule has 21 heavy (non-hydrogen) atoms. The van der Waals surface area contributed by atoms with Crippen LogP contribution in [0, 0.1) is 0 Å². The highest BCUT2D eigenvalue weighted by molar-refractivity contribution is 7.99. The van der Waals surface area contributed by atoms with E-state index in [0.717, 1.165) is 42.8 Å². The fourth-order valence-corrected chi connectivity index (χ4v) is 4.21. The second-order valence-corrected chi connectivity index (χ2v) is 6.71. The molecule has 0 bridgehead atoms. The van der Waals surface area contributed by atoms with Gasteiger partial charge >= 0.3 is 0 Å². The molecule has 0 spiro atoms. The molecule has 2 aromatic rings. The molecule has 1 aromatic carbocycles. The molecule has 0 radical (unpaired) electrons. The van der Waals surface area contributed by atoms with Gasteiger partial charge in [0.05, 0.1) is 11.6 Å². The van der Waals surface area contributed by atoms with Gasteiger partial charge in [0.15, 0.2) is 0 Å². The van der Waals surface area contributed by atoms with E-state index in [9.17, 15) is 4.79 Å². The maximum absolute atomic E-state index is 12.5. The summed E-state index contributed by atoms with van der Waals surface area (Å²) in [7, 11) is 0. The number of aromatic nitrogens is 1. The van der Waals surface area contributed by atoms with Crippen molar-refractivity contribution in [1.29, 1.82) is 0 Å². The van der Waals surface area contributed by atoms with E-state index in [4.69, 9.17) is 4.74 Å². The number of ether oxygens (including phenoxy) is 1. The number of hydrogen-bond acceptors (Lipinski definition) is 3. The van der Waals surface area contributed by atoms with Gasteiger partial charge < -0.3 is 14.6 Å². The number of para-hydroxylation sites is 1. The molecule has 5 heteroatoms. The molecule has 1 fully saturated rings. The third kappa shape index (κ3) is 2.34. The average Bonchev–Trinajstić information content (AvgIpc) is 3.15. The third-order valence-corrected chi connectivity index (χ3v) is 5.23. The number of nitrogens with zero attached hydrogens (tertiary/aromatic N) is 1. The Morgan fingerprint density at radius 1 is 1.48 bits per heavy atom. The quantitative estimate of drug-likeness (QED) is 0.948. The van der Waals surface area contributed by atoms with Crippen LogP contribution in [0.5, 0.6) is 0 Å². The van der Waals surface area contributed by atoms with Crippen LogP contribution in [0.2, 0.25) is 0 Å². The maximum atomic E-state index is 12.5. The van der Waals surface area contributed by atoms with Crippen molar-refractivity contribution in [3.05, 3.63) is 30.0 Å². The first-order valence-corrected chi connectivity index (χ1v) is 8.46. The van der Waals surface area contributed by atoms with Crippen molar-refractivity contribution in [2.45, 2.75) is 30.4 Å². The molecule has 2 aliphatic heterocycles. The highest BCUT2D eigenvalue weighted by Crippen LogP contribution is 2.34. The predicted molar refractivity (Wildman–Crippen MR) is 84.0 cm³/mol. The average molecular weight is 302 g/mol. The third-order valence-electron chi connectivity index (χ3n) is 4.20. The van der Waals surface area contributed by atoms with Crippen LogP contribution < -0.4 is 5.32 Å². The van der Waals surface area contributed by atoms with Crippen LogP contribution >= 0.6 is 11.8 Å². The van der Waals surface area contributed by atoms with Crippen molar-refractivity contribution in [2.24, 2.45) is 0 Å². The summed E-state index contributed by atoms with van der Waals surface area (Å²) < 4.78 is 7.72. The molecule has 4 nitrogen and oxygen atoms in total. The van der Waals surface area contributed by atoms with Crippen LogP contribution in [0.25, 0.3) is 10.9 Å². The molecule has 0 aliphatic carbocycles. The minimum atomic E-state index is 0.0135. The predicted octanol–water partition coefficient (Wildman–Crippen LogP) is 2.66. The second kappa shape index (κ2) is 5.39. The number of benzene rings is 1. The number of aryl methyl sites for hydroxylation is 1. The minimum absolute atomic E-state index is 0.0135. The second-order valence-electron chi connectivity index (χ2n) is 5.57. The van der Waals surface area contributed by atoms with Crippen LogP contribution in [0.3, 0.4) is 0 Å². The zero-order valence-corrected chi connectivity index (χ0v) is 12.6. The van der Waals surface area contributed by atoms with E-state index in [-0.39, 0.29) is 12.0 Å². The lowest BCUT2D eigenvalue weighted by atomic mass is 10.2. The van der Waals surface area contributed by atoms with Crippen molar-refractivity contribution in [2.75, 3.05) is 18.9 Å². The van der Waals surface area contributed by atoms with Gasteiger partial charge in [0.25, 0.3) is 5.91 Å². The summed E-state index contributed by atoms with van der Waals surface area (Å²) in [5.74, 6) is 1.03. The summed E-state index contributed by atoms with van der Waals surface area (Å²) in [6.45, 7) is 2.33. The summed E-state index contributed by atoms with van der Waals surface area (Å²) in [5.41, 5.74) is 1.98. The monoisotopic (exact) mass is 302 g/mol. The fraction of sp³-hybridized carbons (Fsp3) is 0.438. The molecule has 1 unspecified atom stereocenters. The standard InChI is InChI=1S/C16H18N2O2S/c19-16(17-10-12-4-2-7-20-12)13-9-11-3-1-5-14-15(11)18(13)6-8-21-14/h1,3,5,9,12H,2,4,6-8,10H2,(H,17,19). The van der Waals surface area contributed by atoms with E-state index in [1.807, 2.05) is 17.8 Å². The lowest BCUT2D eigenvalue weighted by Gasteiger charge is -2.17. The molecule has 2 aliphatic rings. The molecule has 0 saturated carbocycles. The Bertz CT molecular complexity index is 689. The molecule has 1 aromatic heterocycles. The Balaban J connectivity index is 1.61. The van der Waals surface area contributed by atoms with Gasteiger partial charge in [-0.3, -0.25) is 4.79 Å². The number of carbonyl (C=O) groups excluding carboxylic acids is 1. The lowest BCUT2D eigenvalue weighted by molar-refractivity contribution is 0.0850. The van der Waals surface area contributed by atoms with Crippen LogP contribution in [-0.2, 0) is 11.3 Å². The van der Waals surface area contributed by atoms with Crippen molar-refractivity contribution < 1.29 is 9.53 Å². The minimum Gasteiger partial charge on any atom is -0.376 e. The largest absolute Gasteiger partial charge is 0.376 e. The zero-order chi connectivity index (χ0) is 14.2. The zero-order valence-electron chi connectivity index (χ0n) is 11.8. The Labute approximate surface area is 127 Å². The van der Waals surface area contributed by atoms with Gasteiger partial charge in [0, 0.05) is 35.7 Å². The normalized spacial score (nSPS) is 20.9. The van der Waals surface area contributed by atoms with E-state index in [1.54, 1.807) is 0 Å². The molecule has 1 amide bonds. The van der Waals surface area contributed by atoms with E-state index in [0.29, 0.717) is 6.54 Å². The van der Waals surface area contributed by atoms with Crippen LogP contribution in [0.1, 0.15) is 23.3 Å². The molecule has 1 atom stereocenters. The van der Waals surface area contributed by atoms with Crippen molar-refractivity contribution in [3.63, 3.8) is 0 Å². The van der Waals surface area contributed by atoms with Crippen LogP contribution in [0.4, 0.5) is 0 Å². The molecular weight excluding hydrogens is 284 g/mol. The first-order chi connectivity index (χ1) is 10.3. The van der Waals surface area contributed by atoms with Gasteiger partial charge in [-0.15, -0.1) is 11.8 Å². The fourth-order valence-electron chi connectivity index (χ4n) is 3.18. The van der Waals surface area contributed by atoms with Crippen molar-refractivity contribution in [1.82, 2.24) is 9.88 Å². The van der Waals surface area contributed by atoms with Gasteiger partial charge in [-0.05, 0) is 25.0 Å². The van der Waals surface area contributed by atoms with Gasteiger partial charge in [0.2, 0.25) is 0 Å². The van der Waals surface area contributed by atoms with Gasteiger partial charge in [0.1, 0.15) is 5.69 Å². The summed E-state index contributed by atoms with van der Waals surface area (Å²) in [5, 5.41) is 4.18. The summed E-state index contributed by atoms with van der Waals surface area (Å²) in [6, 6.07) is 8.29. The Morgan fingerprint density at radius 2 is 2.43 bits per heavy atom. The number of hydrogen-bond donors (Lipinski definition) is 1. The van der Waals surface area contributed by atoms with Crippen molar-refractivity contribution >= 4 is 28.6 Å². The van der Waals surface area contributed by atoms with Gasteiger partial charge in [-0.2, -0.15) is 0 Å². The number of rotatable bonds is 3. The summed E-state index contributed by atoms with van der Waals surface area (Å²) in [6.07, 6.45) is 2.33. The number of carbonyl (C=O) groups is 1. The van der Waals surface area contributed by atoms with Crippen molar-refractivity contribution in [3.8, 4) is 0 Å². The molecule has 3 heterocycles. The van der Waals surface area contributed by atoms with Gasteiger partial charge in [-0.1, -0.05) is 12.1 Å². The van der Waals surface area contributed by atoms with E-state index in [2.05, 4.69) is 28.1 Å². The van der Waals surface area contributed by atoms with E-state index in [1.165, 1.54) is 10.4 Å². The molecule has 4 rings (SSSR count). The molecule has 1 N–H and O–H groups in total. The number of nitrogens with one attached hydrogen (secondary N) is 1. The van der Waals surface area contributed by atoms with Crippen LogP contribution in [-0.4, -0.2) is 35.5 Å². The molecular formula is C16H18N2O2S. The highest BCUT2D eigenvalue weighted by atomic mass is 32.2. The maximum Gasteiger partial charge on any atom is 0.268 e. The Kier molecular flexibility index (Phi) is 3.39. The number of thioether (sulfide) groups is 1. The highest BCUT2D eigenvalue weighted by Gasteiger charge is 2.22. The van der Waals surface area contributed by atoms with Crippen LogP contribution in [0.15, 0.2) is 29.2 Å².